The average molecular weight is 284 g/mol. The highest BCUT2D eigenvalue weighted by molar-refractivity contribution is 7.71. The molecule has 0 spiro atoms. The van der Waals surface area contributed by atoms with Crippen LogP contribution in [0, 0.1) is 4.77 Å². The molecule has 0 atom stereocenters. The molecule has 0 unspecified atom stereocenters. The highest BCUT2D eigenvalue weighted by Gasteiger charge is 2.07. The van der Waals surface area contributed by atoms with Crippen LogP contribution in [-0.4, -0.2) is 14.7 Å². The van der Waals surface area contributed by atoms with Gasteiger partial charge in [-0.25, -0.2) is 0 Å². The number of benzene rings is 2. The van der Waals surface area contributed by atoms with E-state index in [1.807, 2.05) is 18.2 Å². The van der Waals surface area contributed by atoms with E-state index in [0.717, 1.165) is 11.1 Å². The zero-order chi connectivity index (χ0) is 14.1. The van der Waals surface area contributed by atoms with Crippen LogP contribution in [0.15, 0.2) is 53.3 Å². The SMILES string of the molecule is O=c1c2ccccc2[nH]c(=S)n1-c1cccc(CO)c1. The van der Waals surface area contributed by atoms with Crippen LogP contribution < -0.4 is 5.56 Å². The second-order valence-electron chi connectivity index (χ2n) is 4.44. The predicted molar refractivity (Wildman–Crippen MR) is 80.7 cm³/mol. The molecule has 3 aromatic rings. The number of nitrogens with zero attached hydrogens (tertiary/aromatic N) is 1. The molecule has 0 aliphatic heterocycles. The van der Waals surface area contributed by atoms with Gasteiger partial charge < -0.3 is 10.1 Å². The Hall–Kier alpha value is -2.24. The molecule has 0 saturated heterocycles. The van der Waals surface area contributed by atoms with Gasteiger partial charge in [0.1, 0.15) is 0 Å². The molecule has 0 amide bonds. The molecule has 0 radical (unpaired) electrons. The Morgan fingerprint density at radius 3 is 2.75 bits per heavy atom. The summed E-state index contributed by atoms with van der Waals surface area (Å²) >= 11 is 5.27. The van der Waals surface area contributed by atoms with Crippen molar-refractivity contribution in [2.24, 2.45) is 0 Å². The topological polar surface area (TPSA) is 58.0 Å². The third-order valence-electron chi connectivity index (χ3n) is 3.16. The number of aromatic nitrogens is 2. The standard InChI is InChI=1S/C15H12N2O2S/c18-9-10-4-3-5-11(8-10)17-14(19)12-6-1-2-7-13(12)16-15(17)20/h1-8,18H,9H2,(H,16,20). The van der Waals surface area contributed by atoms with E-state index in [9.17, 15) is 9.90 Å². The summed E-state index contributed by atoms with van der Waals surface area (Å²) in [6.07, 6.45) is 0. The zero-order valence-corrected chi connectivity index (χ0v) is 11.4. The summed E-state index contributed by atoms with van der Waals surface area (Å²) in [6.45, 7) is -0.0767. The average Bonchev–Trinajstić information content (AvgIpc) is 2.47. The van der Waals surface area contributed by atoms with E-state index in [0.29, 0.717) is 15.8 Å². The van der Waals surface area contributed by atoms with Crippen LogP contribution in [0.25, 0.3) is 16.6 Å². The molecule has 2 aromatic carbocycles. The highest BCUT2D eigenvalue weighted by Crippen LogP contribution is 2.12. The first-order valence-electron chi connectivity index (χ1n) is 6.15. The number of para-hydroxylation sites is 1. The van der Waals surface area contributed by atoms with Crippen molar-refractivity contribution in [2.75, 3.05) is 0 Å². The number of aliphatic hydroxyl groups excluding tert-OH is 1. The Kier molecular flexibility index (Phi) is 3.22. The lowest BCUT2D eigenvalue weighted by atomic mass is 10.2. The molecule has 1 heterocycles. The lowest BCUT2D eigenvalue weighted by molar-refractivity contribution is 0.282. The molecule has 20 heavy (non-hydrogen) atoms. The van der Waals surface area contributed by atoms with E-state index >= 15 is 0 Å². The Balaban J connectivity index is 2.36. The van der Waals surface area contributed by atoms with Gasteiger partial charge in [0.05, 0.1) is 23.2 Å². The van der Waals surface area contributed by atoms with Gasteiger partial charge in [-0.05, 0) is 42.0 Å². The van der Waals surface area contributed by atoms with Gasteiger partial charge in [-0.3, -0.25) is 9.36 Å². The van der Waals surface area contributed by atoms with Gasteiger partial charge in [0.2, 0.25) is 0 Å². The molecule has 0 aliphatic carbocycles. The monoisotopic (exact) mass is 284 g/mol. The van der Waals surface area contributed by atoms with E-state index in [-0.39, 0.29) is 12.2 Å². The minimum atomic E-state index is -0.167. The van der Waals surface area contributed by atoms with Crippen LogP contribution in [-0.2, 0) is 6.61 Å². The fourth-order valence-electron chi connectivity index (χ4n) is 2.19. The van der Waals surface area contributed by atoms with Crippen molar-refractivity contribution < 1.29 is 5.11 Å². The first-order valence-corrected chi connectivity index (χ1v) is 6.56. The number of fused-ring (bicyclic) bond motifs is 1. The summed E-state index contributed by atoms with van der Waals surface area (Å²) in [4.78, 5) is 15.6. The van der Waals surface area contributed by atoms with E-state index in [2.05, 4.69) is 4.98 Å². The molecule has 3 rings (SSSR count). The zero-order valence-electron chi connectivity index (χ0n) is 10.5. The molecule has 0 aliphatic rings. The quantitative estimate of drug-likeness (QED) is 0.711. The van der Waals surface area contributed by atoms with Crippen molar-refractivity contribution in [1.29, 1.82) is 0 Å². The summed E-state index contributed by atoms with van der Waals surface area (Å²) in [5, 5.41) is 9.78. The minimum Gasteiger partial charge on any atom is -0.392 e. The van der Waals surface area contributed by atoms with Crippen molar-refractivity contribution >= 4 is 23.1 Å². The van der Waals surface area contributed by atoms with Crippen LogP contribution in [0.4, 0.5) is 0 Å². The molecular formula is C15H12N2O2S. The van der Waals surface area contributed by atoms with Crippen LogP contribution >= 0.6 is 12.2 Å². The van der Waals surface area contributed by atoms with E-state index in [1.165, 1.54) is 4.57 Å². The number of aliphatic hydroxyl groups is 1. The van der Waals surface area contributed by atoms with E-state index in [4.69, 9.17) is 12.2 Å². The molecule has 0 bridgehead atoms. The second kappa shape index (κ2) is 5.03. The maximum Gasteiger partial charge on any atom is 0.266 e. The van der Waals surface area contributed by atoms with Gasteiger partial charge in [-0.1, -0.05) is 24.3 Å². The Labute approximate surface area is 119 Å². The maximum atomic E-state index is 12.6. The molecule has 100 valence electrons. The van der Waals surface area contributed by atoms with Gasteiger partial charge in [0.25, 0.3) is 5.56 Å². The molecular weight excluding hydrogens is 272 g/mol. The molecule has 0 fully saturated rings. The number of hydrogen-bond acceptors (Lipinski definition) is 3. The summed E-state index contributed by atoms with van der Waals surface area (Å²) in [6, 6.07) is 14.4. The number of H-pyrrole nitrogens is 1. The number of nitrogens with one attached hydrogen (secondary N) is 1. The van der Waals surface area contributed by atoms with Crippen molar-refractivity contribution in [3.8, 4) is 5.69 Å². The van der Waals surface area contributed by atoms with Crippen LogP contribution in [0.5, 0.6) is 0 Å². The molecule has 1 aromatic heterocycles. The van der Waals surface area contributed by atoms with Crippen LogP contribution in [0.2, 0.25) is 0 Å². The van der Waals surface area contributed by atoms with Crippen LogP contribution in [0.1, 0.15) is 5.56 Å². The first-order chi connectivity index (χ1) is 9.70. The highest BCUT2D eigenvalue weighted by atomic mass is 32.1. The summed E-state index contributed by atoms with van der Waals surface area (Å²) in [5.41, 5.74) is 1.93. The lowest BCUT2D eigenvalue weighted by Gasteiger charge is -2.09. The van der Waals surface area contributed by atoms with E-state index in [1.54, 1.807) is 30.3 Å². The fourth-order valence-corrected chi connectivity index (χ4v) is 2.49. The van der Waals surface area contributed by atoms with Gasteiger partial charge in [0, 0.05) is 0 Å². The molecule has 2 N–H and O–H groups in total. The van der Waals surface area contributed by atoms with E-state index < -0.39 is 0 Å². The summed E-state index contributed by atoms with van der Waals surface area (Å²) in [7, 11) is 0. The fraction of sp³-hybridized carbons (Fsp3) is 0.0667. The van der Waals surface area contributed by atoms with Gasteiger partial charge in [-0.15, -0.1) is 0 Å². The Morgan fingerprint density at radius 1 is 1.15 bits per heavy atom. The Bertz CT molecular complexity index is 896. The largest absolute Gasteiger partial charge is 0.392 e. The normalized spacial score (nSPS) is 10.8. The van der Waals surface area contributed by atoms with Gasteiger partial charge >= 0.3 is 0 Å². The molecule has 4 nitrogen and oxygen atoms in total. The molecule has 5 heteroatoms. The smallest absolute Gasteiger partial charge is 0.266 e. The second-order valence-corrected chi connectivity index (χ2v) is 4.83. The Morgan fingerprint density at radius 2 is 1.95 bits per heavy atom. The minimum absolute atomic E-state index is 0.0767. The first kappa shape index (κ1) is 12.8. The van der Waals surface area contributed by atoms with Gasteiger partial charge in [-0.2, -0.15) is 0 Å². The van der Waals surface area contributed by atoms with Crippen molar-refractivity contribution in [3.63, 3.8) is 0 Å². The third-order valence-corrected chi connectivity index (χ3v) is 3.44. The lowest BCUT2D eigenvalue weighted by Crippen LogP contribution is -2.20. The van der Waals surface area contributed by atoms with Crippen molar-refractivity contribution in [3.05, 3.63) is 69.2 Å². The summed E-state index contributed by atoms with van der Waals surface area (Å²) < 4.78 is 1.78. The number of hydrogen-bond donors (Lipinski definition) is 2. The third kappa shape index (κ3) is 2.07. The number of aromatic amines is 1. The van der Waals surface area contributed by atoms with Crippen LogP contribution in [0.3, 0.4) is 0 Å². The molecule has 0 saturated carbocycles. The van der Waals surface area contributed by atoms with Crippen molar-refractivity contribution in [2.45, 2.75) is 6.61 Å². The predicted octanol–water partition coefficient (Wildman–Crippen LogP) is 2.54. The number of rotatable bonds is 2. The summed E-state index contributed by atoms with van der Waals surface area (Å²) in [5.74, 6) is 0. The van der Waals surface area contributed by atoms with Crippen molar-refractivity contribution in [1.82, 2.24) is 9.55 Å². The maximum absolute atomic E-state index is 12.6. The van der Waals surface area contributed by atoms with Gasteiger partial charge in [0.15, 0.2) is 4.77 Å².